The standard InChI is InChI=1S/C57H36S2/c1-57(2)48-27-25-35(44-28-34-16-6-7-17-37(34)55-47-31-46-39-18-12-13-23-50(39)58-51(46)32-52(47)59-56(44)55)29-45(48)38-26-24-36(30-49(38)57)54-42-21-10-8-19-40(42)53(33-14-4-3-5-15-33)41-20-9-11-22-43(41)54/h3-32H,1-2H3. The van der Waals surface area contributed by atoms with Gasteiger partial charge in [-0.2, -0.15) is 0 Å². The first-order chi connectivity index (χ1) is 29.0. The van der Waals surface area contributed by atoms with Crippen molar-refractivity contribution in [3.05, 3.63) is 193 Å². The summed E-state index contributed by atoms with van der Waals surface area (Å²) in [5, 5.41) is 13.2. The molecule has 0 bridgehead atoms. The van der Waals surface area contributed by atoms with Gasteiger partial charge in [-0.1, -0.05) is 159 Å². The molecule has 59 heavy (non-hydrogen) atoms. The highest BCUT2D eigenvalue weighted by molar-refractivity contribution is 7.28. The van der Waals surface area contributed by atoms with E-state index in [0.29, 0.717) is 0 Å². The molecule has 0 saturated carbocycles. The summed E-state index contributed by atoms with van der Waals surface area (Å²) in [6, 6.07) is 68.6. The van der Waals surface area contributed by atoms with Crippen LogP contribution in [0.15, 0.2) is 182 Å². The van der Waals surface area contributed by atoms with Crippen molar-refractivity contribution in [2.24, 2.45) is 0 Å². The zero-order valence-corrected chi connectivity index (χ0v) is 34.3. The van der Waals surface area contributed by atoms with Crippen LogP contribution in [0.1, 0.15) is 25.0 Å². The number of hydrogen-bond acceptors (Lipinski definition) is 2. The second-order valence-corrected chi connectivity index (χ2v) is 18.9. The largest absolute Gasteiger partial charge is 0.135 e. The van der Waals surface area contributed by atoms with Crippen LogP contribution in [0.5, 0.6) is 0 Å². The Labute approximate surface area is 350 Å². The van der Waals surface area contributed by atoms with Crippen molar-refractivity contribution >= 4 is 95.3 Å². The Kier molecular flexibility index (Phi) is 6.92. The molecule has 13 rings (SSSR count). The topological polar surface area (TPSA) is 0 Å². The van der Waals surface area contributed by atoms with E-state index >= 15 is 0 Å². The molecule has 0 amide bonds. The van der Waals surface area contributed by atoms with Gasteiger partial charge in [0.25, 0.3) is 0 Å². The molecule has 0 radical (unpaired) electrons. The second kappa shape index (κ2) is 12.2. The third-order valence-electron chi connectivity index (χ3n) is 13.2. The number of rotatable bonds is 3. The molecule has 0 N–H and O–H groups in total. The van der Waals surface area contributed by atoms with Crippen LogP contribution in [0.2, 0.25) is 0 Å². The smallest absolute Gasteiger partial charge is 0.0440 e. The van der Waals surface area contributed by atoms with Gasteiger partial charge in [0.05, 0.1) is 0 Å². The van der Waals surface area contributed by atoms with Crippen molar-refractivity contribution in [1.82, 2.24) is 0 Å². The highest BCUT2D eigenvalue weighted by Gasteiger charge is 2.36. The Balaban J connectivity index is 1.01. The van der Waals surface area contributed by atoms with E-state index in [4.69, 9.17) is 0 Å². The molecule has 1 aliphatic carbocycles. The van der Waals surface area contributed by atoms with Gasteiger partial charge in [0.1, 0.15) is 0 Å². The van der Waals surface area contributed by atoms with Gasteiger partial charge in [0.15, 0.2) is 0 Å². The molecule has 0 aliphatic heterocycles. The van der Waals surface area contributed by atoms with Gasteiger partial charge < -0.3 is 0 Å². The SMILES string of the molecule is CC1(C)c2ccc(-c3cc4ccccc4c4c3sc3cc5sc6ccccc6c5cc34)cc2-c2ccc(-c3c4ccccc4c(-c4ccccc4)c4ccccc34)cc21. The molecule has 0 atom stereocenters. The molecule has 2 heterocycles. The number of benzene rings is 10. The second-order valence-electron chi connectivity index (χ2n) is 16.7. The zero-order valence-electron chi connectivity index (χ0n) is 32.6. The van der Waals surface area contributed by atoms with Crippen molar-refractivity contribution in [2.45, 2.75) is 19.3 Å². The summed E-state index contributed by atoms with van der Waals surface area (Å²) in [4.78, 5) is 0. The summed E-state index contributed by atoms with van der Waals surface area (Å²) < 4.78 is 5.44. The summed E-state index contributed by atoms with van der Waals surface area (Å²) in [5.41, 5.74) is 13.0. The van der Waals surface area contributed by atoms with Crippen LogP contribution in [0.3, 0.4) is 0 Å². The van der Waals surface area contributed by atoms with Crippen LogP contribution < -0.4 is 0 Å². The van der Waals surface area contributed by atoms with E-state index in [-0.39, 0.29) is 5.41 Å². The number of fused-ring (bicyclic) bond motifs is 13. The van der Waals surface area contributed by atoms with Crippen molar-refractivity contribution in [1.29, 1.82) is 0 Å². The van der Waals surface area contributed by atoms with Gasteiger partial charge in [-0.25, -0.2) is 0 Å². The fourth-order valence-electron chi connectivity index (χ4n) is 10.5. The van der Waals surface area contributed by atoms with Crippen molar-refractivity contribution in [3.63, 3.8) is 0 Å². The molecule has 12 aromatic rings. The predicted molar refractivity (Wildman–Crippen MR) is 259 cm³/mol. The highest BCUT2D eigenvalue weighted by Crippen LogP contribution is 2.54. The molecule has 1 aliphatic rings. The molecule has 10 aromatic carbocycles. The third kappa shape index (κ3) is 4.70. The van der Waals surface area contributed by atoms with E-state index in [1.165, 1.54) is 128 Å². The van der Waals surface area contributed by atoms with Crippen molar-refractivity contribution in [3.8, 4) is 44.5 Å². The van der Waals surface area contributed by atoms with Crippen molar-refractivity contribution in [2.75, 3.05) is 0 Å². The maximum atomic E-state index is 2.50. The lowest BCUT2D eigenvalue weighted by Gasteiger charge is -2.23. The molecule has 0 unspecified atom stereocenters. The quantitative estimate of drug-likeness (QED) is 0.157. The highest BCUT2D eigenvalue weighted by atomic mass is 32.1. The van der Waals surface area contributed by atoms with Crippen LogP contribution in [0, 0.1) is 0 Å². The molecule has 0 saturated heterocycles. The first-order valence-electron chi connectivity index (χ1n) is 20.5. The molecule has 0 nitrogen and oxygen atoms in total. The average Bonchev–Trinajstić information content (AvgIpc) is 3.91. The van der Waals surface area contributed by atoms with Crippen LogP contribution in [-0.2, 0) is 5.41 Å². The van der Waals surface area contributed by atoms with Crippen LogP contribution >= 0.6 is 22.7 Å². The lowest BCUT2D eigenvalue weighted by atomic mass is 9.80. The maximum Gasteiger partial charge on any atom is 0.0440 e. The van der Waals surface area contributed by atoms with Gasteiger partial charge in [-0.15, -0.1) is 22.7 Å². The van der Waals surface area contributed by atoms with Crippen LogP contribution in [0.25, 0.3) is 117 Å². The zero-order chi connectivity index (χ0) is 39.0. The number of hydrogen-bond donors (Lipinski definition) is 0. The normalized spacial score (nSPS) is 13.4. The van der Waals surface area contributed by atoms with E-state index in [0.717, 1.165) is 0 Å². The lowest BCUT2D eigenvalue weighted by molar-refractivity contribution is 0.660. The van der Waals surface area contributed by atoms with Crippen LogP contribution in [-0.4, -0.2) is 0 Å². The summed E-state index contributed by atoms with van der Waals surface area (Å²) in [5.74, 6) is 0. The van der Waals surface area contributed by atoms with E-state index in [1.54, 1.807) is 0 Å². The fourth-order valence-corrected chi connectivity index (χ4v) is 13.0. The first-order valence-corrected chi connectivity index (χ1v) is 22.1. The fraction of sp³-hybridized carbons (Fsp3) is 0.0526. The predicted octanol–water partition coefficient (Wildman–Crippen LogP) is 17.2. The van der Waals surface area contributed by atoms with E-state index in [1.807, 2.05) is 22.7 Å². The minimum atomic E-state index is -0.153. The Bertz CT molecular complexity index is 3690. The Morgan fingerprint density at radius 3 is 1.69 bits per heavy atom. The summed E-state index contributed by atoms with van der Waals surface area (Å²) in [6.45, 7) is 4.82. The third-order valence-corrected chi connectivity index (χ3v) is 15.6. The molecule has 0 fully saturated rings. The van der Waals surface area contributed by atoms with Gasteiger partial charge >= 0.3 is 0 Å². The molecular formula is C57H36S2. The molecular weight excluding hydrogens is 749 g/mol. The van der Waals surface area contributed by atoms with Crippen LogP contribution in [0.4, 0.5) is 0 Å². The van der Waals surface area contributed by atoms with E-state index in [2.05, 4.69) is 196 Å². The van der Waals surface area contributed by atoms with Gasteiger partial charge in [-0.3, -0.25) is 0 Å². The molecule has 0 spiro atoms. The minimum absolute atomic E-state index is 0.153. The maximum absolute atomic E-state index is 2.50. The number of thiophene rings is 2. The molecule has 2 heteroatoms. The van der Waals surface area contributed by atoms with Gasteiger partial charge in [-0.05, 0) is 119 Å². The Hall–Kier alpha value is -6.58. The summed E-state index contributed by atoms with van der Waals surface area (Å²) >= 11 is 3.85. The molecule has 2 aromatic heterocycles. The van der Waals surface area contributed by atoms with Crippen molar-refractivity contribution < 1.29 is 0 Å². The first kappa shape index (κ1) is 33.4. The van der Waals surface area contributed by atoms with Gasteiger partial charge in [0, 0.05) is 51.3 Å². The summed E-state index contributed by atoms with van der Waals surface area (Å²) in [6.07, 6.45) is 0. The molecule has 276 valence electrons. The Morgan fingerprint density at radius 1 is 0.339 bits per heavy atom. The van der Waals surface area contributed by atoms with E-state index in [9.17, 15) is 0 Å². The minimum Gasteiger partial charge on any atom is -0.135 e. The average molecular weight is 785 g/mol. The lowest BCUT2D eigenvalue weighted by Crippen LogP contribution is -2.15. The van der Waals surface area contributed by atoms with E-state index < -0.39 is 0 Å². The summed E-state index contributed by atoms with van der Waals surface area (Å²) in [7, 11) is 0. The monoisotopic (exact) mass is 784 g/mol. The van der Waals surface area contributed by atoms with Gasteiger partial charge in [0.2, 0.25) is 0 Å². The Morgan fingerprint density at radius 2 is 0.949 bits per heavy atom.